The molecule has 0 bridgehead atoms. The molecule has 0 aromatic heterocycles. The van der Waals surface area contributed by atoms with Gasteiger partial charge in [-0.05, 0) is 50.8 Å². The molecule has 1 unspecified atom stereocenters. The van der Waals surface area contributed by atoms with E-state index in [9.17, 15) is 10.1 Å². The molecule has 17 heavy (non-hydrogen) atoms. The summed E-state index contributed by atoms with van der Waals surface area (Å²) in [5.41, 5.74) is 2.06. The first-order valence-electron chi connectivity index (χ1n) is 6.11. The summed E-state index contributed by atoms with van der Waals surface area (Å²) in [7, 11) is 0. The Morgan fingerprint density at radius 2 is 2.35 bits per heavy atom. The molecule has 4 heteroatoms. The summed E-state index contributed by atoms with van der Waals surface area (Å²) in [6.07, 6.45) is 3.36. The average molecular weight is 234 g/mol. The number of hydrogen-bond acceptors (Lipinski definition) is 3. The second-order valence-corrected chi connectivity index (χ2v) is 4.79. The van der Waals surface area contributed by atoms with Crippen molar-refractivity contribution in [1.29, 1.82) is 0 Å². The van der Waals surface area contributed by atoms with E-state index in [-0.39, 0.29) is 10.6 Å². The maximum absolute atomic E-state index is 10.9. The number of benzene rings is 1. The minimum absolute atomic E-state index is 0.242. The summed E-state index contributed by atoms with van der Waals surface area (Å²) in [6, 6.07) is 5.59. The van der Waals surface area contributed by atoms with Crippen molar-refractivity contribution in [1.82, 2.24) is 5.32 Å². The minimum atomic E-state index is -0.294. The van der Waals surface area contributed by atoms with Crippen molar-refractivity contribution in [3.63, 3.8) is 0 Å². The Balaban J connectivity index is 2.10. The van der Waals surface area contributed by atoms with Crippen LogP contribution in [0.15, 0.2) is 18.2 Å². The molecule has 1 saturated heterocycles. The van der Waals surface area contributed by atoms with Crippen molar-refractivity contribution in [3.05, 3.63) is 39.4 Å². The van der Waals surface area contributed by atoms with E-state index in [0.717, 1.165) is 30.6 Å². The van der Waals surface area contributed by atoms with Gasteiger partial charge in [-0.15, -0.1) is 0 Å². The van der Waals surface area contributed by atoms with Gasteiger partial charge in [-0.1, -0.05) is 12.1 Å². The topological polar surface area (TPSA) is 55.2 Å². The van der Waals surface area contributed by atoms with Gasteiger partial charge in [-0.25, -0.2) is 0 Å². The number of nitrogens with zero attached hydrogens (tertiary/aromatic N) is 1. The van der Waals surface area contributed by atoms with Crippen LogP contribution in [0.4, 0.5) is 5.69 Å². The molecule has 0 radical (unpaired) electrons. The van der Waals surface area contributed by atoms with Gasteiger partial charge in [-0.2, -0.15) is 0 Å². The highest BCUT2D eigenvalue weighted by Gasteiger charge is 2.16. The standard InChI is InChI=1S/C13H18N2O2/c1-10-4-5-11(8-13(10)15(16)17)7-12-3-2-6-14-9-12/h4-5,8,12,14H,2-3,6-7,9H2,1H3. The smallest absolute Gasteiger partial charge is 0.272 e. The Hall–Kier alpha value is -1.42. The number of rotatable bonds is 3. The van der Waals surface area contributed by atoms with Crippen LogP contribution in [-0.2, 0) is 6.42 Å². The second kappa shape index (κ2) is 5.27. The monoisotopic (exact) mass is 234 g/mol. The predicted molar refractivity (Wildman–Crippen MR) is 67.1 cm³/mol. The van der Waals surface area contributed by atoms with E-state index >= 15 is 0 Å². The maximum Gasteiger partial charge on any atom is 0.272 e. The molecule has 1 aromatic rings. The van der Waals surface area contributed by atoms with Gasteiger partial charge in [0.25, 0.3) is 5.69 Å². The summed E-state index contributed by atoms with van der Waals surface area (Å²) in [4.78, 5) is 10.6. The summed E-state index contributed by atoms with van der Waals surface area (Å²) in [5, 5.41) is 14.2. The molecular weight excluding hydrogens is 216 g/mol. The van der Waals surface area contributed by atoms with Gasteiger partial charge in [0.15, 0.2) is 0 Å². The van der Waals surface area contributed by atoms with Gasteiger partial charge >= 0.3 is 0 Å². The molecule has 92 valence electrons. The zero-order chi connectivity index (χ0) is 12.3. The Kier molecular flexibility index (Phi) is 3.74. The van der Waals surface area contributed by atoms with Crippen LogP contribution in [0.2, 0.25) is 0 Å². The Morgan fingerprint density at radius 1 is 1.53 bits per heavy atom. The van der Waals surface area contributed by atoms with Crippen LogP contribution >= 0.6 is 0 Å². The van der Waals surface area contributed by atoms with E-state index in [0.29, 0.717) is 5.92 Å². The first-order chi connectivity index (χ1) is 8.16. The SMILES string of the molecule is Cc1ccc(CC2CCCNC2)cc1[N+](=O)[O-]. The van der Waals surface area contributed by atoms with Crippen LogP contribution in [0.1, 0.15) is 24.0 Å². The maximum atomic E-state index is 10.9. The molecule has 0 saturated carbocycles. The second-order valence-electron chi connectivity index (χ2n) is 4.79. The van der Waals surface area contributed by atoms with Crippen LogP contribution < -0.4 is 5.32 Å². The van der Waals surface area contributed by atoms with Gasteiger partial charge in [0.05, 0.1) is 4.92 Å². The van der Waals surface area contributed by atoms with Crippen molar-refractivity contribution in [2.24, 2.45) is 5.92 Å². The first kappa shape index (κ1) is 12.0. The molecular formula is C13H18N2O2. The lowest BCUT2D eigenvalue weighted by molar-refractivity contribution is -0.385. The fourth-order valence-electron chi connectivity index (χ4n) is 2.41. The van der Waals surface area contributed by atoms with Crippen LogP contribution in [0.5, 0.6) is 0 Å². The van der Waals surface area contributed by atoms with E-state index in [1.54, 1.807) is 13.0 Å². The molecule has 2 rings (SSSR count). The molecule has 1 aliphatic rings. The van der Waals surface area contributed by atoms with Crippen LogP contribution in [0, 0.1) is 23.0 Å². The van der Waals surface area contributed by atoms with E-state index < -0.39 is 0 Å². The summed E-state index contributed by atoms with van der Waals surface area (Å²) in [5.74, 6) is 0.617. The van der Waals surface area contributed by atoms with Gasteiger partial charge in [0.1, 0.15) is 0 Å². The van der Waals surface area contributed by atoms with Crippen molar-refractivity contribution in [2.45, 2.75) is 26.2 Å². The van der Waals surface area contributed by atoms with Gasteiger partial charge in [-0.3, -0.25) is 10.1 Å². The van der Waals surface area contributed by atoms with E-state index in [4.69, 9.17) is 0 Å². The van der Waals surface area contributed by atoms with Crippen molar-refractivity contribution < 1.29 is 4.92 Å². The third-order valence-corrected chi connectivity index (χ3v) is 3.39. The third kappa shape index (κ3) is 3.03. The number of nitro groups is 1. The lowest BCUT2D eigenvalue weighted by Crippen LogP contribution is -2.30. The van der Waals surface area contributed by atoms with Crippen molar-refractivity contribution in [2.75, 3.05) is 13.1 Å². The highest BCUT2D eigenvalue weighted by molar-refractivity contribution is 5.42. The molecule has 4 nitrogen and oxygen atoms in total. The summed E-state index contributed by atoms with van der Waals surface area (Å²) in [6.45, 7) is 3.91. The summed E-state index contributed by atoms with van der Waals surface area (Å²) >= 11 is 0. The molecule has 1 aliphatic heterocycles. The lowest BCUT2D eigenvalue weighted by atomic mass is 9.92. The lowest BCUT2D eigenvalue weighted by Gasteiger charge is -2.22. The molecule has 1 aromatic carbocycles. The van der Waals surface area contributed by atoms with E-state index in [1.165, 1.54) is 12.8 Å². The summed E-state index contributed by atoms with van der Waals surface area (Å²) < 4.78 is 0. The number of nitrogens with one attached hydrogen (secondary N) is 1. The fraction of sp³-hybridized carbons (Fsp3) is 0.538. The van der Waals surface area contributed by atoms with Gasteiger partial charge in [0.2, 0.25) is 0 Å². The molecule has 1 atom stereocenters. The molecule has 0 aliphatic carbocycles. The number of hydrogen-bond donors (Lipinski definition) is 1. The van der Waals surface area contributed by atoms with Crippen LogP contribution in [-0.4, -0.2) is 18.0 Å². The van der Waals surface area contributed by atoms with Crippen molar-refractivity contribution >= 4 is 5.69 Å². The Labute approximate surface area is 101 Å². The number of aryl methyl sites for hydroxylation is 1. The Morgan fingerprint density at radius 3 is 3.00 bits per heavy atom. The highest BCUT2D eigenvalue weighted by Crippen LogP contribution is 2.23. The molecule has 0 spiro atoms. The molecule has 1 N–H and O–H groups in total. The minimum Gasteiger partial charge on any atom is -0.316 e. The predicted octanol–water partition coefficient (Wildman–Crippen LogP) is 2.45. The zero-order valence-corrected chi connectivity index (χ0v) is 10.1. The van der Waals surface area contributed by atoms with Crippen LogP contribution in [0.3, 0.4) is 0 Å². The van der Waals surface area contributed by atoms with Crippen molar-refractivity contribution in [3.8, 4) is 0 Å². The molecule has 1 heterocycles. The normalized spacial score (nSPS) is 20.2. The Bertz CT molecular complexity index is 412. The molecule has 1 fully saturated rings. The van der Waals surface area contributed by atoms with Gasteiger partial charge in [0, 0.05) is 11.6 Å². The van der Waals surface area contributed by atoms with Gasteiger partial charge < -0.3 is 5.32 Å². The van der Waals surface area contributed by atoms with Crippen LogP contribution in [0.25, 0.3) is 0 Å². The first-order valence-corrected chi connectivity index (χ1v) is 6.11. The molecule has 0 amide bonds. The third-order valence-electron chi connectivity index (χ3n) is 3.39. The zero-order valence-electron chi connectivity index (χ0n) is 10.1. The highest BCUT2D eigenvalue weighted by atomic mass is 16.6. The average Bonchev–Trinajstić information content (AvgIpc) is 2.32. The van der Waals surface area contributed by atoms with E-state index in [2.05, 4.69) is 5.32 Å². The number of nitro benzene ring substituents is 1. The van der Waals surface area contributed by atoms with E-state index in [1.807, 2.05) is 12.1 Å². The fourth-order valence-corrected chi connectivity index (χ4v) is 2.41. The quantitative estimate of drug-likeness (QED) is 0.645. The number of piperidine rings is 1. The largest absolute Gasteiger partial charge is 0.316 e.